The Labute approximate surface area is 95.4 Å². The smallest absolute Gasteiger partial charge is 0.0616 e. The Kier molecular flexibility index (Phi) is 3.44. The maximum atomic E-state index is 5.92. The van der Waals surface area contributed by atoms with Gasteiger partial charge in [0.1, 0.15) is 0 Å². The third-order valence-corrected chi connectivity index (χ3v) is 4.46. The molecule has 0 saturated carbocycles. The number of hydrogen-bond donors (Lipinski definition) is 1. The van der Waals surface area contributed by atoms with Crippen molar-refractivity contribution in [1.82, 2.24) is 0 Å². The van der Waals surface area contributed by atoms with Gasteiger partial charge in [-0.25, -0.2) is 0 Å². The number of aryl methyl sites for hydroxylation is 1. The third-order valence-electron chi connectivity index (χ3n) is 3.73. The van der Waals surface area contributed by atoms with Crippen molar-refractivity contribution in [3.05, 3.63) is 22.4 Å². The van der Waals surface area contributed by atoms with Crippen LogP contribution in [-0.4, -0.2) is 19.3 Å². The summed E-state index contributed by atoms with van der Waals surface area (Å²) in [6, 6.07) is 2.20. The Morgan fingerprint density at radius 3 is 3.07 bits per heavy atom. The van der Waals surface area contributed by atoms with Crippen molar-refractivity contribution in [2.75, 3.05) is 13.2 Å². The van der Waals surface area contributed by atoms with E-state index in [1.165, 1.54) is 5.56 Å². The van der Waals surface area contributed by atoms with Crippen molar-refractivity contribution in [1.29, 1.82) is 0 Å². The maximum absolute atomic E-state index is 5.92. The molecular weight excluding hydrogens is 206 g/mol. The Morgan fingerprint density at radius 1 is 1.67 bits per heavy atom. The van der Waals surface area contributed by atoms with Gasteiger partial charge in [0.15, 0.2) is 0 Å². The van der Waals surface area contributed by atoms with Gasteiger partial charge in [-0.2, -0.15) is 11.3 Å². The number of nitrogens with two attached hydrogens (primary N) is 1. The summed E-state index contributed by atoms with van der Waals surface area (Å²) < 4.78 is 5.65. The molecule has 1 aromatic rings. The minimum Gasteiger partial charge on any atom is -0.378 e. The molecule has 15 heavy (non-hydrogen) atoms. The van der Waals surface area contributed by atoms with E-state index >= 15 is 0 Å². The summed E-state index contributed by atoms with van der Waals surface area (Å²) in [4.78, 5) is 0. The van der Waals surface area contributed by atoms with Crippen molar-refractivity contribution < 1.29 is 4.74 Å². The topological polar surface area (TPSA) is 35.2 Å². The van der Waals surface area contributed by atoms with Gasteiger partial charge in [0.05, 0.1) is 6.10 Å². The van der Waals surface area contributed by atoms with Crippen molar-refractivity contribution in [3.63, 3.8) is 0 Å². The molecule has 2 atom stereocenters. The summed E-state index contributed by atoms with van der Waals surface area (Å²) in [5, 5.41) is 4.36. The van der Waals surface area contributed by atoms with Gasteiger partial charge in [-0.3, -0.25) is 0 Å². The number of hydrogen-bond acceptors (Lipinski definition) is 3. The first-order valence-corrected chi connectivity index (χ1v) is 6.54. The summed E-state index contributed by atoms with van der Waals surface area (Å²) in [7, 11) is 0. The lowest BCUT2D eigenvalue weighted by Gasteiger charge is -2.30. The summed E-state index contributed by atoms with van der Waals surface area (Å²) in [6.45, 7) is 3.79. The van der Waals surface area contributed by atoms with E-state index < -0.39 is 0 Å². The third kappa shape index (κ3) is 2.25. The monoisotopic (exact) mass is 225 g/mol. The van der Waals surface area contributed by atoms with Gasteiger partial charge in [0, 0.05) is 18.6 Å². The van der Waals surface area contributed by atoms with Crippen molar-refractivity contribution in [2.24, 2.45) is 11.1 Å². The van der Waals surface area contributed by atoms with Crippen LogP contribution in [-0.2, 0) is 11.2 Å². The first-order chi connectivity index (χ1) is 7.27. The largest absolute Gasteiger partial charge is 0.378 e. The average Bonchev–Trinajstić information content (AvgIpc) is 2.85. The second-order valence-electron chi connectivity index (χ2n) is 4.46. The second kappa shape index (κ2) is 4.64. The number of thiophene rings is 1. The highest BCUT2D eigenvalue weighted by atomic mass is 32.1. The van der Waals surface area contributed by atoms with Crippen molar-refractivity contribution in [3.8, 4) is 0 Å². The molecule has 2 unspecified atom stereocenters. The molecule has 2 rings (SSSR count). The summed E-state index contributed by atoms with van der Waals surface area (Å²) in [6.07, 6.45) is 3.73. The van der Waals surface area contributed by atoms with E-state index in [0.29, 0.717) is 6.10 Å². The molecule has 1 fully saturated rings. The molecule has 0 aliphatic carbocycles. The highest BCUT2D eigenvalue weighted by Crippen LogP contribution is 2.38. The number of rotatable bonds is 4. The zero-order valence-corrected chi connectivity index (χ0v) is 10.1. The normalized spacial score (nSPS) is 30.9. The second-order valence-corrected chi connectivity index (χ2v) is 5.24. The van der Waals surface area contributed by atoms with Crippen LogP contribution in [0.2, 0.25) is 0 Å². The van der Waals surface area contributed by atoms with Gasteiger partial charge in [-0.05, 0) is 48.6 Å². The molecule has 1 saturated heterocycles. The van der Waals surface area contributed by atoms with Crippen LogP contribution in [0.3, 0.4) is 0 Å². The maximum Gasteiger partial charge on any atom is 0.0616 e. The van der Waals surface area contributed by atoms with Gasteiger partial charge < -0.3 is 10.5 Å². The first-order valence-electron chi connectivity index (χ1n) is 5.59. The molecular formula is C12H19NOS. The highest BCUT2D eigenvalue weighted by molar-refractivity contribution is 7.07. The zero-order chi connectivity index (χ0) is 10.7. The van der Waals surface area contributed by atoms with Crippen LogP contribution in [0, 0.1) is 5.41 Å². The fourth-order valence-corrected chi connectivity index (χ4v) is 3.05. The molecule has 0 aromatic carbocycles. The molecule has 1 aromatic heterocycles. The predicted octanol–water partition coefficient (Wildman–Crippen LogP) is 2.43. The molecule has 0 spiro atoms. The van der Waals surface area contributed by atoms with Gasteiger partial charge in [0.25, 0.3) is 0 Å². The van der Waals surface area contributed by atoms with Crippen LogP contribution in [0.5, 0.6) is 0 Å². The van der Waals surface area contributed by atoms with Crippen LogP contribution < -0.4 is 5.73 Å². The van der Waals surface area contributed by atoms with Crippen LogP contribution >= 0.6 is 11.3 Å². The van der Waals surface area contributed by atoms with E-state index in [1.807, 2.05) is 0 Å². The van der Waals surface area contributed by atoms with Crippen LogP contribution in [0.1, 0.15) is 25.3 Å². The summed E-state index contributed by atoms with van der Waals surface area (Å²) in [5.74, 6) is 0. The van der Waals surface area contributed by atoms with Crippen molar-refractivity contribution in [2.45, 2.75) is 32.3 Å². The van der Waals surface area contributed by atoms with Crippen LogP contribution in [0.25, 0.3) is 0 Å². The zero-order valence-electron chi connectivity index (χ0n) is 9.24. The highest BCUT2D eigenvalue weighted by Gasteiger charge is 2.39. The SMILES string of the molecule is CC1OCCC1(CN)CCc1ccsc1. The molecule has 3 heteroatoms. The summed E-state index contributed by atoms with van der Waals surface area (Å²) in [5.41, 5.74) is 7.58. The van der Waals surface area contributed by atoms with E-state index in [1.54, 1.807) is 11.3 Å². The lowest BCUT2D eigenvalue weighted by molar-refractivity contribution is 0.0632. The molecule has 1 aliphatic rings. The van der Waals surface area contributed by atoms with Crippen LogP contribution in [0.15, 0.2) is 16.8 Å². The Hall–Kier alpha value is -0.380. The van der Waals surface area contributed by atoms with Crippen LogP contribution in [0.4, 0.5) is 0 Å². The molecule has 0 amide bonds. The van der Waals surface area contributed by atoms with E-state index in [9.17, 15) is 0 Å². The Bertz CT molecular complexity index is 299. The first kappa shape index (κ1) is 11.1. The Morgan fingerprint density at radius 2 is 2.53 bits per heavy atom. The number of ether oxygens (including phenoxy) is 1. The fraction of sp³-hybridized carbons (Fsp3) is 0.667. The van der Waals surface area contributed by atoms with Gasteiger partial charge in [-0.15, -0.1) is 0 Å². The quantitative estimate of drug-likeness (QED) is 0.854. The average molecular weight is 225 g/mol. The standard InChI is InChI=1S/C12H19NOS/c1-10-12(9-13,5-6-14-10)4-2-11-3-7-15-8-11/h3,7-8,10H,2,4-6,9,13H2,1H3. The molecule has 84 valence electrons. The minimum absolute atomic E-state index is 0.224. The molecule has 0 radical (unpaired) electrons. The lowest BCUT2D eigenvalue weighted by Crippen LogP contribution is -2.37. The van der Waals surface area contributed by atoms with E-state index in [-0.39, 0.29) is 5.41 Å². The molecule has 0 bridgehead atoms. The summed E-state index contributed by atoms with van der Waals surface area (Å²) >= 11 is 1.77. The lowest BCUT2D eigenvalue weighted by atomic mass is 9.77. The molecule has 1 aliphatic heterocycles. The molecule has 2 nitrogen and oxygen atoms in total. The molecule has 2 N–H and O–H groups in total. The Balaban J connectivity index is 1.96. The van der Waals surface area contributed by atoms with E-state index in [2.05, 4.69) is 23.8 Å². The van der Waals surface area contributed by atoms with Gasteiger partial charge in [-0.1, -0.05) is 0 Å². The minimum atomic E-state index is 0.224. The van der Waals surface area contributed by atoms with Gasteiger partial charge >= 0.3 is 0 Å². The molecule has 2 heterocycles. The van der Waals surface area contributed by atoms with Crippen molar-refractivity contribution >= 4 is 11.3 Å². The fourth-order valence-electron chi connectivity index (χ4n) is 2.35. The van der Waals surface area contributed by atoms with Gasteiger partial charge in [0.2, 0.25) is 0 Å². The van der Waals surface area contributed by atoms with E-state index in [4.69, 9.17) is 10.5 Å². The predicted molar refractivity (Wildman–Crippen MR) is 64.2 cm³/mol. The van der Waals surface area contributed by atoms with E-state index in [0.717, 1.165) is 32.4 Å².